The Balaban J connectivity index is 1.68. The molecular weight excluding hydrogens is 419 g/mol. The molecule has 0 saturated carbocycles. The number of halogens is 2. The number of anilines is 1. The highest BCUT2D eigenvalue weighted by molar-refractivity contribution is 6.30. The first kappa shape index (κ1) is 20.1. The van der Waals surface area contributed by atoms with Crippen molar-refractivity contribution in [3.05, 3.63) is 99.5 Å². The molecule has 0 fully saturated rings. The Morgan fingerprint density at radius 3 is 2.13 bits per heavy atom. The zero-order chi connectivity index (χ0) is 21.1. The fraction of sp³-hybridized carbons (Fsp3) is 0.0870. The van der Waals surface area contributed by atoms with Gasteiger partial charge in [0.1, 0.15) is 0 Å². The van der Waals surface area contributed by atoms with E-state index >= 15 is 0 Å². The van der Waals surface area contributed by atoms with Crippen LogP contribution in [0.5, 0.6) is 0 Å². The quantitative estimate of drug-likeness (QED) is 0.425. The molecule has 0 radical (unpaired) electrons. The molecule has 0 aliphatic rings. The summed E-state index contributed by atoms with van der Waals surface area (Å²) in [5, 5.41) is 8.92. The first-order chi connectivity index (χ1) is 14.5. The lowest BCUT2D eigenvalue weighted by molar-refractivity contribution is 0.0947. The summed E-state index contributed by atoms with van der Waals surface area (Å²) in [7, 11) is 0. The molecule has 4 rings (SSSR count). The number of carbonyl (C=O) groups is 1. The molecule has 0 amide bonds. The Morgan fingerprint density at radius 2 is 1.50 bits per heavy atom. The number of carbonyl (C=O) groups excluding carboxylic acids is 1. The summed E-state index contributed by atoms with van der Waals surface area (Å²) in [6.45, 7) is 2.48. The van der Waals surface area contributed by atoms with Crippen LogP contribution in [0.25, 0.3) is 11.4 Å². The van der Waals surface area contributed by atoms with Crippen molar-refractivity contribution in [3.8, 4) is 11.4 Å². The maximum Gasteiger partial charge on any atom is 0.281 e. The first-order valence-electron chi connectivity index (χ1n) is 9.32. The smallest absolute Gasteiger partial charge is 0.281 e. The molecule has 0 unspecified atom stereocenters. The zero-order valence-electron chi connectivity index (χ0n) is 16.1. The summed E-state index contributed by atoms with van der Waals surface area (Å²) < 4.78 is 1.29. The summed E-state index contributed by atoms with van der Waals surface area (Å²) in [5.41, 5.74) is 3.44. The molecule has 0 spiro atoms. The third-order valence-electron chi connectivity index (χ3n) is 4.56. The highest BCUT2D eigenvalue weighted by Crippen LogP contribution is 2.21. The van der Waals surface area contributed by atoms with Gasteiger partial charge in [0.15, 0.2) is 5.82 Å². The van der Waals surface area contributed by atoms with Crippen LogP contribution in [-0.4, -0.2) is 20.7 Å². The van der Waals surface area contributed by atoms with Crippen molar-refractivity contribution in [2.24, 2.45) is 0 Å². The van der Waals surface area contributed by atoms with E-state index in [2.05, 4.69) is 15.4 Å². The highest BCUT2D eigenvalue weighted by atomic mass is 35.5. The van der Waals surface area contributed by atoms with E-state index in [1.165, 1.54) is 4.68 Å². The molecule has 4 aromatic rings. The summed E-state index contributed by atoms with van der Waals surface area (Å²) in [5.74, 6) is 0.535. The van der Waals surface area contributed by atoms with Crippen LogP contribution in [0.1, 0.15) is 21.5 Å². The normalized spacial score (nSPS) is 10.8. The van der Waals surface area contributed by atoms with E-state index in [4.69, 9.17) is 23.2 Å². The number of aromatic nitrogens is 3. The van der Waals surface area contributed by atoms with Crippen LogP contribution in [0, 0.1) is 6.92 Å². The molecule has 1 heterocycles. The van der Waals surface area contributed by atoms with Gasteiger partial charge >= 0.3 is 0 Å². The molecule has 30 heavy (non-hydrogen) atoms. The summed E-state index contributed by atoms with van der Waals surface area (Å²) in [6.07, 6.45) is 0. The van der Waals surface area contributed by atoms with Crippen molar-refractivity contribution in [3.63, 3.8) is 0 Å². The van der Waals surface area contributed by atoms with Gasteiger partial charge in [0.05, 0.1) is 0 Å². The predicted molar refractivity (Wildman–Crippen MR) is 120 cm³/mol. The van der Waals surface area contributed by atoms with Gasteiger partial charge in [-0.3, -0.25) is 4.79 Å². The monoisotopic (exact) mass is 436 g/mol. The van der Waals surface area contributed by atoms with E-state index in [0.29, 0.717) is 33.9 Å². The van der Waals surface area contributed by atoms with Gasteiger partial charge in [-0.25, -0.2) is 0 Å². The molecule has 3 aromatic carbocycles. The Morgan fingerprint density at radius 1 is 0.900 bits per heavy atom. The van der Waals surface area contributed by atoms with E-state index in [0.717, 1.165) is 16.7 Å². The standard InChI is InChI=1S/C23H18Cl2N4O/c1-15-2-6-17(7-3-15)21-27-23(26-14-16-4-10-19(24)11-5-16)29(28-21)22(30)18-8-12-20(25)13-9-18/h2-13H,14H2,1H3,(H,26,27,28). The summed E-state index contributed by atoms with van der Waals surface area (Å²) in [6, 6.07) is 22.0. The molecule has 0 aliphatic heterocycles. The summed E-state index contributed by atoms with van der Waals surface area (Å²) >= 11 is 11.9. The lowest BCUT2D eigenvalue weighted by Gasteiger charge is -2.07. The van der Waals surface area contributed by atoms with Crippen molar-refractivity contribution >= 4 is 35.1 Å². The first-order valence-corrected chi connectivity index (χ1v) is 10.1. The van der Waals surface area contributed by atoms with Crippen LogP contribution >= 0.6 is 23.2 Å². The SMILES string of the molecule is Cc1ccc(-c2nc(NCc3ccc(Cl)cc3)n(C(=O)c3ccc(Cl)cc3)n2)cc1. The topological polar surface area (TPSA) is 59.8 Å². The van der Waals surface area contributed by atoms with Crippen LogP contribution in [0.3, 0.4) is 0 Å². The van der Waals surface area contributed by atoms with Crippen LogP contribution in [0.15, 0.2) is 72.8 Å². The third kappa shape index (κ3) is 4.53. The van der Waals surface area contributed by atoms with Gasteiger partial charge in [-0.1, -0.05) is 65.2 Å². The minimum absolute atomic E-state index is 0.295. The Labute approximate surface area is 184 Å². The van der Waals surface area contributed by atoms with Gasteiger partial charge < -0.3 is 5.32 Å². The second kappa shape index (κ2) is 8.69. The van der Waals surface area contributed by atoms with E-state index in [9.17, 15) is 4.79 Å². The van der Waals surface area contributed by atoms with E-state index < -0.39 is 0 Å². The number of benzene rings is 3. The number of hydrogen-bond donors (Lipinski definition) is 1. The minimum atomic E-state index is -0.295. The predicted octanol–water partition coefficient (Wildman–Crippen LogP) is 5.86. The molecule has 5 nitrogen and oxygen atoms in total. The Hall–Kier alpha value is -3.15. The van der Waals surface area contributed by atoms with Crippen LogP contribution in [0.4, 0.5) is 5.95 Å². The van der Waals surface area contributed by atoms with Crippen molar-refractivity contribution in [1.82, 2.24) is 14.8 Å². The molecule has 1 aromatic heterocycles. The molecule has 1 N–H and O–H groups in total. The fourth-order valence-corrected chi connectivity index (χ4v) is 3.14. The van der Waals surface area contributed by atoms with Crippen molar-refractivity contribution in [2.45, 2.75) is 13.5 Å². The van der Waals surface area contributed by atoms with Gasteiger partial charge in [-0.2, -0.15) is 9.67 Å². The van der Waals surface area contributed by atoms with Gasteiger partial charge in [0, 0.05) is 27.7 Å². The molecule has 0 atom stereocenters. The number of nitrogens with one attached hydrogen (secondary N) is 1. The Kier molecular flexibility index (Phi) is 5.84. The number of rotatable bonds is 5. The molecule has 0 aliphatic carbocycles. The van der Waals surface area contributed by atoms with Gasteiger partial charge in [0.25, 0.3) is 5.91 Å². The van der Waals surface area contributed by atoms with Crippen LogP contribution in [0.2, 0.25) is 10.0 Å². The fourth-order valence-electron chi connectivity index (χ4n) is 2.89. The van der Waals surface area contributed by atoms with E-state index in [1.54, 1.807) is 24.3 Å². The molecule has 150 valence electrons. The lowest BCUT2D eigenvalue weighted by atomic mass is 10.1. The number of hydrogen-bond acceptors (Lipinski definition) is 4. The molecular formula is C23H18Cl2N4O. The molecule has 0 saturated heterocycles. The van der Waals surface area contributed by atoms with Crippen LogP contribution in [-0.2, 0) is 6.54 Å². The third-order valence-corrected chi connectivity index (χ3v) is 5.07. The zero-order valence-corrected chi connectivity index (χ0v) is 17.7. The maximum atomic E-state index is 13.1. The maximum absolute atomic E-state index is 13.1. The van der Waals surface area contributed by atoms with E-state index in [-0.39, 0.29) is 5.91 Å². The highest BCUT2D eigenvalue weighted by Gasteiger charge is 2.19. The second-order valence-corrected chi connectivity index (χ2v) is 7.70. The van der Waals surface area contributed by atoms with Gasteiger partial charge in [-0.05, 0) is 48.9 Å². The second-order valence-electron chi connectivity index (χ2n) is 6.83. The van der Waals surface area contributed by atoms with Gasteiger partial charge in [0.2, 0.25) is 5.95 Å². The average Bonchev–Trinajstić information content (AvgIpc) is 3.18. The average molecular weight is 437 g/mol. The lowest BCUT2D eigenvalue weighted by Crippen LogP contribution is -2.17. The van der Waals surface area contributed by atoms with Crippen LogP contribution < -0.4 is 5.32 Å². The molecule has 7 heteroatoms. The minimum Gasteiger partial charge on any atom is -0.350 e. The molecule has 0 bridgehead atoms. The Bertz CT molecular complexity index is 1170. The number of nitrogens with zero attached hydrogens (tertiary/aromatic N) is 3. The van der Waals surface area contributed by atoms with Crippen molar-refractivity contribution in [2.75, 3.05) is 5.32 Å². The summed E-state index contributed by atoms with van der Waals surface area (Å²) in [4.78, 5) is 17.7. The largest absolute Gasteiger partial charge is 0.350 e. The van der Waals surface area contributed by atoms with Crippen molar-refractivity contribution < 1.29 is 4.79 Å². The van der Waals surface area contributed by atoms with Crippen molar-refractivity contribution in [1.29, 1.82) is 0 Å². The van der Waals surface area contributed by atoms with Gasteiger partial charge in [-0.15, -0.1) is 5.10 Å². The number of aryl methyl sites for hydroxylation is 1. The van der Waals surface area contributed by atoms with E-state index in [1.807, 2.05) is 55.5 Å².